The van der Waals surface area contributed by atoms with Gasteiger partial charge < -0.3 is 0 Å². The summed E-state index contributed by atoms with van der Waals surface area (Å²) in [5, 5.41) is 0. The van der Waals surface area contributed by atoms with Crippen LogP contribution >= 0.6 is 12.4 Å². The minimum atomic E-state index is 0. The van der Waals surface area contributed by atoms with Crippen molar-refractivity contribution in [3.05, 3.63) is 35.9 Å². The fourth-order valence-corrected chi connectivity index (χ4v) is 1.37. The third kappa shape index (κ3) is 3.33. The Morgan fingerprint density at radius 2 is 1.82 bits per heavy atom. The molecule has 0 amide bonds. The van der Waals surface area contributed by atoms with Gasteiger partial charge in [0.05, 0.1) is 0 Å². The van der Waals surface area contributed by atoms with E-state index in [9.17, 15) is 0 Å². The zero-order valence-electron chi connectivity index (χ0n) is 6.49. The van der Waals surface area contributed by atoms with Crippen molar-refractivity contribution >= 4 is 12.4 Å². The summed E-state index contributed by atoms with van der Waals surface area (Å²) >= 11 is 1.15. The topological polar surface area (TPSA) is 9.23 Å². The molecule has 0 aliphatic heterocycles. The molecule has 1 aromatic carbocycles. The Morgan fingerprint density at radius 3 is 2.27 bits per heavy atom. The fourth-order valence-electron chi connectivity index (χ4n) is 0.804. The molecule has 0 heterocycles. The van der Waals surface area contributed by atoms with Gasteiger partial charge in [0.25, 0.3) is 0 Å². The number of rotatable bonds is 2. The number of benzene rings is 1. The molecule has 0 spiro atoms. The van der Waals surface area contributed by atoms with Crippen LogP contribution in [0.25, 0.3) is 0 Å². The van der Waals surface area contributed by atoms with Crippen molar-refractivity contribution in [1.29, 1.82) is 0 Å². The van der Waals surface area contributed by atoms with Gasteiger partial charge in [0, 0.05) is 0 Å². The van der Waals surface area contributed by atoms with Gasteiger partial charge >= 0.3 is 70.7 Å². The maximum absolute atomic E-state index is 5.19. The summed E-state index contributed by atoms with van der Waals surface area (Å²) in [6.45, 7) is 0. The van der Waals surface area contributed by atoms with Gasteiger partial charge in [-0.3, -0.25) is 0 Å². The Kier molecular flexibility index (Phi) is 5.76. The molecular formula is C8H10ClOZn. The largest absolute Gasteiger partial charge is 0.147 e. The van der Waals surface area contributed by atoms with Gasteiger partial charge in [-0.05, 0) is 0 Å². The van der Waals surface area contributed by atoms with E-state index < -0.39 is 0 Å². The Morgan fingerprint density at radius 1 is 1.27 bits per heavy atom. The van der Waals surface area contributed by atoms with Gasteiger partial charge in [0.1, 0.15) is 0 Å². The molecule has 0 bridgehead atoms. The molecule has 0 saturated heterocycles. The minimum Gasteiger partial charge on any atom is -0.147 e. The molecular weight excluding hydrogens is 213 g/mol. The van der Waals surface area contributed by atoms with E-state index in [0.717, 1.165) is 18.3 Å². The van der Waals surface area contributed by atoms with Crippen LogP contribution in [0.1, 0.15) is 10.3 Å². The smallest absolute Gasteiger partial charge is 0.147 e. The summed E-state index contributed by atoms with van der Waals surface area (Å²) in [6, 6.07) is 10.3. The summed E-state index contributed by atoms with van der Waals surface area (Å²) in [5.41, 5.74) is 1.28. The number of methoxy groups -OCH3 is 1. The van der Waals surface area contributed by atoms with Crippen molar-refractivity contribution in [2.45, 2.75) is 4.70 Å². The van der Waals surface area contributed by atoms with Crippen molar-refractivity contribution in [2.24, 2.45) is 0 Å². The summed E-state index contributed by atoms with van der Waals surface area (Å²) in [7, 11) is 1.75. The molecule has 0 saturated carbocycles. The van der Waals surface area contributed by atoms with Gasteiger partial charge in [0.2, 0.25) is 0 Å². The minimum absolute atomic E-state index is 0. The van der Waals surface area contributed by atoms with Crippen LogP contribution in [0.2, 0.25) is 0 Å². The number of halogens is 1. The Hall–Kier alpha value is 0.0934. The summed E-state index contributed by atoms with van der Waals surface area (Å²) in [4.78, 5) is 0. The Balaban J connectivity index is 0.000001000. The van der Waals surface area contributed by atoms with Crippen LogP contribution in [0.5, 0.6) is 0 Å². The Bertz CT molecular complexity index is 191. The molecule has 1 rings (SSSR count). The molecule has 0 fully saturated rings. The van der Waals surface area contributed by atoms with Crippen LogP contribution in [0.3, 0.4) is 0 Å². The maximum atomic E-state index is 5.19. The fraction of sp³-hybridized carbons (Fsp3) is 0.250. The number of ether oxygens (including phenoxy) is 1. The molecule has 11 heavy (non-hydrogen) atoms. The van der Waals surface area contributed by atoms with Crippen LogP contribution < -0.4 is 0 Å². The first-order valence-electron chi connectivity index (χ1n) is 3.25. The number of hydrogen-bond donors (Lipinski definition) is 0. The predicted molar refractivity (Wildman–Crippen MR) is 43.4 cm³/mol. The van der Waals surface area contributed by atoms with Crippen molar-refractivity contribution in [3.8, 4) is 0 Å². The van der Waals surface area contributed by atoms with Gasteiger partial charge in [0.15, 0.2) is 0 Å². The standard InChI is InChI=1S/C8H9O.ClH.Zn/c1-9-7-8-5-3-2-4-6-8;;/h2-7H,1H3;1H;. The maximum Gasteiger partial charge on any atom is -0.147 e. The average Bonchev–Trinajstić information content (AvgIpc) is 2.05. The summed E-state index contributed by atoms with van der Waals surface area (Å²) in [6.07, 6.45) is 0. The van der Waals surface area contributed by atoms with Crippen molar-refractivity contribution in [1.82, 2.24) is 0 Å². The van der Waals surface area contributed by atoms with Gasteiger partial charge in [-0.15, -0.1) is 12.4 Å². The van der Waals surface area contributed by atoms with Crippen molar-refractivity contribution in [3.63, 3.8) is 0 Å². The average molecular weight is 223 g/mol. The predicted octanol–water partition coefficient (Wildman–Crippen LogP) is 2.30. The van der Waals surface area contributed by atoms with Gasteiger partial charge in [-0.25, -0.2) is 0 Å². The van der Waals surface area contributed by atoms with Gasteiger partial charge in [-0.1, -0.05) is 0 Å². The molecule has 1 aromatic rings. The third-order valence-corrected chi connectivity index (χ3v) is 3.14. The van der Waals surface area contributed by atoms with Crippen LogP contribution in [0.4, 0.5) is 0 Å². The number of hydrogen-bond acceptors (Lipinski definition) is 1. The first-order valence-corrected chi connectivity index (χ1v) is 4.96. The van der Waals surface area contributed by atoms with E-state index in [2.05, 4.69) is 12.1 Å². The summed E-state index contributed by atoms with van der Waals surface area (Å²) in [5.74, 6) is 0. The molecule has 1 nitrogen and oxygen atoms in total. The molecule has 0 aliphatic rings. The SMILES string of the molecule is CO[CH]([Zn])c1ccccc1.Cl. The zero-order valence-corrected chi connectivity index (χ0v) is 10.3. The van der Waals surface area contributed by atoms with E-state index in [-0.39, 0.29) is 12.4 Å². The van der Waals surface area contributed by atoms with E-state index in [0.29, 0.717) is 4.70 Å². The molecule has 3 heteroatoms. The van der Waals surface area contributed by atoms with E-state index >= 15 is 0 Å². The molecule has 57 valence electrons. The van der Waals surface area contributed by atoms with E-state index in [1.807, 2.05) is 18.2 Å². The first kappa shape index (κ1) is 11.1. The Labute approximate surface area is 83.2 Å². The molecule has 0 N–H and O–H groups in total. The second-order valence-electron chi connectivity index (χ2n) is 2.14. The van der Waals surface area contributed by atoms with E-state index in [1.165, 1.54) is 5.56 Å². The monoisotopic (exact) mass is 221 g/mol. The third-order valence-electron chi connectivity index (χ3n) is 1.46. The molecule has 1 unspecified atom stereocenters. The van der Waals surface area contributed by atoms with Crippen LogP contribution in [0, 0.1) is 0 Å². The van der Waals surface area contributed by atoms with Crippen LogP contribution in [0.15, 0.2) is 30.3 Å². The van der Waals surface area contributed by atoms with Gasteiger partial charge in [-0.2, -0.15) is 0 Å². The molecule has 0 aromatic heterocycles. The zero-order chi connectivity index (χ0) is 7.40. The second kappa shape index (κ2) is 5.71. The quantitative estimate of drug-likeness (QED) is 0.699. The van der Waals surface area contributed by atoms with Crippen molar-refractivity contribution < 1.29 is 23.0 Å². The first-order chi connectivity index (χ1) is 4.84. The van der Waals surface area contributed by atoms with Crippen LogP contribution in [-0.4, -0.2) is 7.11 Å². The summed E-state index contributed by atoms with van der Waals surface area (Å²) < 4.78 is 5.53. The second-order valence-corrected chi connectivity index (χ2v) is 3.69. The van der Waals surface area contributed by atoms with E-state index in [1.54, 1.807) is 7.11 Å². The van der Waals surface area contributed by atoms with E-state index in [4.69, 9.17) is 4.74 Å². The van der Waals surface area contributed by atoms with Crippen molar-refractivity contribution in [2.75, 3.05) is 7.11 Å². The molecule has 1 atom stereocenters. The molecule has 0 aliphatic carbocycles. The molecule has 0 radical (unpaired) electrons. The normalized spacial score (nSPS) is 11.9. The van der Waals surface area contributed by atoms with Crippen LogP contribution in [-0.2, 0) is 23.0 Å².